The molecular weight excluding hydrogens is 238 g/mol. The van der Waals surface area contributed by atoms with Crippen molar-refractivity contribution in [3.05, 3.63) is 29.3 Å². The van der Waals surface area contributed by atoms with E-state index in [1.54, 1.807) is 7.11 Å². The molecule has 0 saturated carbocycles. The van der Waals surface area contributed by atoms with Crippen LogP contribution in [0.5, 0.6) is 5.75 Å². The number of methoxy groups -OCH3 is 1. The number of ether oxygens (including phenoxy) is 2. The van der Waals surface area contributed by atoms with Gasteiger partial charge in [0.05, 0.1) is 20.3 Å². The largest absolute Gasteiger partial charge is 0.496 e. The fraction of sp³-hybridized carbons (Fsp3) is 0.625. The van der Waals surface area contributed by atoms with E-state index in [9.17, 15) is 0 Å². The maximum atomic E-state index is 6.06. The Balaban J connectivity index is 2.25. The van der Waals surface area contributed by atoms with Crippen LogP contribution in [0.2, 0.25) is 0 Å². The van der Waals surface area contributed by atoms with Crippen LogP contribution in [0.15, 0.2) is 18.2 Å². The Labute approximate surface area is 116 Å². The molecule has 1 aliphatic rings. The van der Waals surface area contributed by atoms with Gasteiger partial charge in [0.1, 0.15) is 5.75 Å². The van der Waals surface area contributed by atoms with Gasteiger partial charge in [-0.1, -0.05) is 26.0 Å². The number of nitrogens with two attached hydrogens (primary N) is 1. The summed E-state index contributed by atoms with van der Waals surface area (Å²) >= 11 is 0. The molecule has 0 bridgehead atoms. The van der Waals surface area contributed by atoms with E-state index in [-0.39, 0.29) is 5.41 Å². The standard InChI is InChI=1S/C16H25NO2/c1-4-13-7-14(5-6-15(13)18-3)16(2,11-17)8-12-9-19-10-12/h5-7,12H,4,8-11,17H2,1-3H3. The summed E-state index contributed by atoms with van der Waals surface area (Å²) < 4.78 is 10.7. The molecule has 3 heteroatoms. The maximum Gasteiger partial charge on any atom is 0.122 e. The minimum Gasteiger partial charge on any atom is -0.496 e. The fourth-order valence-corrected chi connectivity index (χ4v) is 2.79. The van der Waals surface area contributed by atoms with Crippen molar-refractivity contribution < 1.29 is 9.47 Å². The maximum absolute atomic E-state index is 6.06. The van der Waals surface area contributed by atoms with Crippen molar-refractivity contribution in [2.45, 2.75) is 32.1 Å². The summed E-state index contributed by atoms with van der Waals surface area (Å²) in [6.45, 7) is 6.84. The average molecular weight is 263 g/mol. The molecule has 0 aliphatic carbocycles. The molecule has 1 aliphatic heterocycles. The molecule has 1 unspecified atom stereocenters. The van der Waals surface area contributed by atoms with Crippen LogP contribution >= 0.6 is 0 Å². The monoisotopic (exact) mass is 263 g/mol. The number of hydrogen-bond acceptors (Lipinski definition) is 3. The molecule has 1 heterocycles. The highest BCUT2D eigenvalue weighted by Gasteiger charge is 2.32. The lowest BCUT2D eigenvalue weighted by Crippen LogP contribution is -2.39. The summed E-state index contributed by atoms with van der Waals surface area (Å²) in [4.78, 5) is 0. The zero-order valence-corrected chi connectivity index (χ0v) is 12.2. The molecule has 3 nitrogen and oxygen atoms in total. The first-order valence-corrected chi connectivity index (χ1v) is 7.08. The molecule has 1 saturated heterocycles. The van der Waals surface area contributed by atoms with E-state index in [1.807, 2.05) is 0 Å². The predicted octanol–water partition coefficient (Wildman–Crippen LogP) is 2.51. The summed E-state index contributed by atoms with van der Waals surface area (Å²) in [6.07, 6.45) is 2.07. The molecule has 1 atom stereocenters. The zero-order chi connectivity index (χ0) is 13.9. The van der Waals surface area contributed by atoms with E-state index in [0.29, 0.717) is 12.5 Å². The van der Waals surface area contributed by atoms with Gasteiger partial charge < -0.3 is 15.2 Å². The van der Waals surface area contributed by atoms with Crippen molar-refractivity contribution in [2.75, 3.05) is 26.9 Å². The van der Waals surface area contributed by atoms with Crippen molar-refractivity contribution >= 4 is 0 Å². The number of aryl methyl sites for hydroxylation is 1. The van der Waals surface area contributed by atoms with Gasteiger partial charge in [0.25, 0.3) is 0 Å². The lowest BCUT2D eigenvalue weighted by atomic mass is 9.74. The van der Waals surface area contributed by atoms with Crippen LogP contribution in [0, 0.1) is 5.92 Å². The summed E-state index contributed by atoms with van der Waals surface area (Å²) in [6, 6.07) is 6.48. The quantitative estimate of drug-likeness (QED) is 0.857. The van der Waals surface area contributed by atoms with Crippen molar-refractivity contribution in [1.82, 2.24) is 0 Å². The Morgan fingerprint density at radius 2 is 2.16 bits per heavy atom. The highest BCUT2D eigenvalue weighted by molar-refractivity contribution is 5.40. The minimum absolute atomic E-state index is 0.0324. The van der Waals surface area contributed by atoms with E-state index in [2.05, 4.69) is 32.0 Å². The molecule has 0 amide bonds. The molecule has 106 valence electrons. The Morgan fingerprint density at radius 1 is 1.42 bits per heavy atom. The third-order valence-corrected chi connectivity index (χ3v) is 4.26. The first kappa shape index (κ1) is 14.4. The van der Waals surface area contributed by atoms with Crippen molar-refractivity contribution in [3.63, 3.8) is 0 Å². The van der Waals surface area contributed by atoms with Gasteiger partial charge in [-0.15, -0.1) is 0 Å². The molecule has 0 aromatic heterocycles. The third-order valence-electron chi connectivity index (χ3n) is 4.26. The fourth-order valence-electron chi connectivity index (χ4n) is 2.79. The highest BCUT2D eigenvalue weighted by Crippen LogP contribution is 2.35. The lowest BCUT2D eigenvalue weighted by molar-refractivity contribution is -0.0441. The van der Waals surface area contributed by atoms with Gasteiger partial charge in [-0.25, -0.2) is 0 Å². The van der Waals surface area contributed by atoms with Gasteiger partial charge in [0.15, 0.2) is 0 Å². The molecule has 0 radical (unpaired) electrons. The smallest absolute Gasteiger partial charge is 0.122 e. The molecule has 1 fully saturated rings. The van der Waals surface area contributed by atoms with Crippen LogP contribution in [-0.2, 0) is 16.6 Å². The van der Waals surface area contributed by atoms with Gasteiger partial charge in [0, 0.05) is 17.9 Å². The summed E-state index contributed by atoms with van der Waals surface area (Å²) in [5, 5.41) is 0. The summed E-state index contributed by atoms with van der Waals surface area (Å²) in [5.41, 5.74) is 8.66. The van der Waals surface area contributed by atoms with Crippen LogP contribution in [0.4, 0.5) is 0 Å². The number of hydrogen-bond donors (Lipinski definition) is 1. The van der Waals surface area contributed by atoms with Crippen LogP contribution in [0.25, 0.3) is 0 Å². The normalized spacial score (nSPS) is 18.7. The van der Waals surface area contributed by atoms with Gasteiger partial charge in [-0.3, -0.25) is 0 Å². The third kappa shape index (κ3) is 2.93. The van der Waals surface area contributed by atoms with Crippen LogP contribution < -0.4 is 10.5 Å². The molecule has 2 N–H and O–H groups in total. The second-order valence-corrected chi connectivity index (χ2v) is 5.75. The van der Waals surface area contributed by atoms with Crippen molar-refractivity contribution in [2.24, 2.45) is 11.7 Å². The van der Waals surface area contributed by atoms with Gasteiger partial charge in [0.2, 0.25) is 0 Å². The van der Waals surface area contributed by atoms with Crippen molar-refractivity contribution in [3.8, 4) is 5.75 Å². The van der Waals surface area contributed by atoms with E-state index in [4.69, 9.17) is 15.2 Å². The molecular formula is C16H25NO2. The Morgan fingerprint density at radius 3 is 2.63 bits per heavy atom. The molecule has 1 aromatic carbocycles. The summed E-state index contributed by atoms with van der Waals surface area (Å²) in [5.74, 6) is 1.62. The second kappa shape index (κ2) is 5.93. The SMILES string of the molecule is CCc1cc(C(C)(CN)CC2COC2)ccc1OC. The Hall–Kier alpha value is -1.06. The zero-order valence-electron chi connectivity index (χ0n) is 12.2. The average Bonchev–Trinajstić information content (AvgIpc) is 2.41. The topological polar surface area (TPSA) is 44.5 Å². The predicted molar refractivity (Wildman–Crippen MR) is 77.7 cm³/mol. The van der Waals surface area contributed by atoms with E-state index in [0.717, 1.165) is 31.8 Å². The Bertz CT molecular complexity index is 429. The van der Waals surface area contributed by atoms with Gasteiger partial charge in [-0.05, 0) is 30.0 Å². The van der Waals surface area contributed by atoms with Gasteiger partial charge in [-0.2, -0.15) is 0 Å². The summed E-state index contributed by atoms with van der Waals surface area (Å²) in [7, 11) is 1.72. The van der Waals surface area contributed by atoms with Crippen LogP contribution in [-0.4, -0.2) is 26.9 Å². The first-order valence-electron chi connectivity index (χ1n) is 7.08. The number of benzene rings is 1. The Kier molecular flexibility index (Phi) is 4.48. The first-order chi connectivity index (χ1) is 9.12. The number of rotatable bonds is 6. The molecule has 1 aromatic rings. The molecule has 0 spiro atoms. The highest BCUT2D eigenvalue weighted by atomic mass is 16.5. The van der Waals surface area contributed by atoms with Crippen LogP contribution in [0.3, 0.4) is 0 Å². The van der Waals surface area contributed by atoms with Gasteiger partial charge >= 0.3 is 0 Å². The van der Waals surface area contributed by atoms with E-state index in [1.165, 1.54) is 11.1 Å². The van der Waals surface area contributed by atoms with Crippen molar-refractivity contribution in [1.29, 1.82) is 0 Å². The molecule has 19 heavy (non-hydrogen) atoms. The van der Waals surface area contributed by atoms with E-state index >= 15 is 0 Å². The molecule has 2 rings (SSSR count). The van der Waals surface area contributed by atoms with Crippen LogP contribution in [0.1, 0.15) is 31.4 Å². The second-order valence-electron chi connectivity index (χ2n) is 5.75. The van der Waals surface area contributed by atoms with E-state index < -0.39 is 0 Å². The minimum atomic E-state index is 0.0324. The lowest BCUT2D eigenvalue weighted by Gasteiger charge is -2.37.